The first-order chi connectivity index (χ1) is 5.16. The third kappa shape index (κ3) is 6.98. The van der Waals surface area contributed by atoms with Crippen molar-refractivity contribution in [3.8, 4) is 0 Å². The van der Waals surface area contributed by atoms with Gasteiger partial charge in [0.1, 0.15) is 0 Å². The number of hydrogen-bond donors (Lipinski definition) is 2. The van der Waals surface area contributed by atoms with E-state index in [1.807, 2.05) is 5.32 Å². The number of rotatable bonds is 3. The minimum absolute atomic E-state index is 0.291. The van der Waals surface area contributed by atoms with Crippen molar-refractivity contribution in [1.29, 1.82) is 0 Å². The summed E-state index contributed by atoms with van der Waals surface area (Å²) in [4.78, 5) is 20.4. The summed E-state index contributed by atoms with van der Waals surface area (Å²) in [6, 6.07) is 0. The fourth-order valence-corrected chi connectivity index (χ4v) is 0.694. The summed E-state index contributed by atoms with van der Waals surface area (Å²) in [5.41, 5.74) is 0. The maximum atomic E-state index is 10.5. The average molecular weight is 179 g/mol. The topological polar surface area (TPSA) is 75.6 Å². The van der Waals surface area contributed by atoms with E-state index in [1.165, 1.54) is 0 Å². The maximum absolute atomic E-state index is 10.5. The van der Waals surface area contributed by atoms with Crippen LogP contribution in [-0.4, -0.2) is 29.0 Å². The number of carbonyl (C=O) groups excluding carboxylic acids is 1. The van der Waals surface area contributed by atoms with Gasteiger partial charge in [0.05, 0.1) is 0 Å². The molecular weight excluding hydrogens is 170 g/mol. The van der Waals surface area contributed by atoms with Crippen LogP contribution in [0.5, 0.6) is 0 Å². The molecule has 11 heavy (non-hydrogen) atoms. The van der Waals surface area contributed by atoms with Crippen molar-refractivity contribution in [3.05, 3.63) is 0 Å². The van der Waals surface area contributed by atoms with Gasteiger partial charge in [-0.3, -0.25) is 5.32 Å². The first kappa shape index (κ1) is 10.1. The first-order valence-electron chi connectivity index (χ1n) is 2.93. The van der Waals surface area contributed by atoms with Crippen molar-refractivity contribution in [2.75, 3.05) is 12.5 Å². The summed E-state index contributed by atoms with van der Waals surface area (Å²) >= 11 is 0.989. The van der Waals surface area contributed by atoms with E-state index in [0.29, 0.717) is 5.75 Å². The molecule has 0 heterocycles. The van der Waals surface area contributed by atoms with Gasteiger partial charge in [-0.2, -0.15) is 0 Å². The Hall–Kier alpha value is -0.910. The van der Waals surface area contributed by atoms with Crippen LogP contribution < -0.4 is 5.32 Å². The quantitative estimate of drug-likeness (QED) is 0.501. The highest BCUT2D eigenvalue weighted by atomic mass is 32.2. The molecule has 64 valence electrons. The summed E-state index contributed by atoms with van der Waals surface area (Å²) in [6.07, 6.45) is -1.21. The van der Waals surface area contributed by atoms with Crippen LogP contribution in [0.15, 0.2) is 0 Å². The van der Waals surface area contributed by atoms with Gasteiger partial charge in [-0.25, -0.2) is 9.59 Å². The van der Waals surface area contributed by atoms with Crippen LogP contribution in [0.3, 0.4) is 0 Å². The van der Waals surface area contributed by atoms with Crippen molar-refractivity contribution in [1.82, 2.24) is 5.32 Å². The second kappa shape index (κ2) is 5.84. The molecule has 0 aliphatic carbocycles. The van der Waals surface area contributed by atoms with Crippen molar-refractivity contribution < 1.29 is 19.4 Å². The van der Waals surface area contributed by atoms with E-state index in [1.54, 1.807) is 6.92 Å². The van der Waals surface area contributed by atoms with Gasteiger partial charge in [0, 0.05) is 5.75 Å². The molecule has 1 amide bonds. The predicted octanol–water partition coefficient (Wildman–Crippen LogP) is 1.10. The zero-order valence-electron chi connectivity index (χ0n) is 5.99. The zero-order valence-corrected chi connectivity index (χ0v) is 6.81. The number of nitrogens with one attached hydrogen (secondary N) is 1. The lowest BCUT2D eigenvalue weighted by Gasteiger charge is -2.01. The summed E-state index contributed by atoms with van der Waals surface area (Å²) in [7, 11) is 0. The molecule has 0 aliphatic heterocycles. The van der Waals surface area contributed by atoms with Gasteiger partial charge in [-0.15, -0.1) is 0 Å². The number of carboxylic acid groups (broad SMARTS) is 1. The number of hydrogen-bond acceptors (Lipinski definition) is 4. The summed E-state index contributed by atoms with van der Waals surface area (Å²) < 4.78 is 4.43. The van der Waals surface area contributed by atoms with Crippen molar-refractivity contribution in [3.63, 3.8) is 0 Å². The third-order valence-corrected chi connectivity index (χ3v) is 1.32. The van der Waals surface area contributed by atoms with E-state index in [9.17, 15) is 9.59 Å². The van der Waals surface area contributed by atoms with Crippen molar-refractivity contribution in [2.45, 2.75) is 6.92 Å². The largest absolute Gasteiger partial charge is 0.465 e. The Morgan fingerprint density at radius 1 is 1.64 bits per heavy atom. The van der Waals surface area contributed by atoms with Crippen LogP contribution in [-0.2, 0) is 4.74 Å². The summed E-state index contributed by atoms with van der Waals surface area (Å²) in [5, 5.41) is 9.47. The standard InChI is InChI=1S/C5H9NO4S/c1-2-11-5(9)10-3-6-4(7)8/h6H,2-3H2,1H3,(H,7,8). The van der Waals surface area contributed by atoms with Gasteiger partial charge >= 0.3 is 11.4 Å². The van der Waals surface area contributed by atoms with Crippen LogP contribution in [0.2, 0.25) is 0 Å². The van der Waals surface area contributed by atoms with E-state index >= 15 is 0 Å². The molecule has 0 saturated heterocycles. The van der Waals surface area contributed by atoms with E-state index in [2.05, 4.69) is 4.74 Å². The van der Waals surface area contributed by atoms with Gasteiger partial charge in [-0.1, -0.05) is 6.92 Å². The van der Waals surface area contributed by atoms with Crippen LogP contribution in [0.25, 0.3) is 0 Å². The van der Waals surface area contributed by atoms with Gasteiger partial charge < -0.3 is 9.84 Å². The molecule has 5 nitrogen and oxygen atoms in total. The Morgan fingerprint density at radius 2 is 2.27 bits per heavy atom. The molecule has 0 atom stereocenters. The number of ether oxygens (including phenoxy) is 1. The number of amides is 1. The van der Waals surface area contributed by atoms with Gasteiger partial charge in [-0.05, 0) is 11.8 Å². The molecule has 0 bridgehead atoms. The second-order valence-corrected chi connectivity index (χ2v) is 2.65. The van der Waals surface area contributed by atoms with E-state index < -0.39 is 11.4 Å². The molecule has 6 heteroatoms. The molecule has 0 unspecified atom stereocenters. The highest BCUT2D eigenvalue weighted by Crippen LogP contribution is 2.02. The zero-order chi connectivity index (χ0) is 8.69. The summed E-state index contributed by atoms with van der Waals surface area (Å²) in [6.45, 7) is 1.51. The maximum Gasteiger partial charge on any atom is 0.407 e. The molecule has 0 aromatic rings. The lowest BCUT2D eigenvalue weighted by Crippen LogP contribution is -2.24. The SMILES string of the molecule is CCSC(=O)OCNC(=O)O. The van der Waals surface area contributed by atoms with Crippen molar-refractivity contribution in [2.24, 2.45) is 0 Å². The normalized spacial score (nSPS) is 8.82. The van der Waals surface area contributed by atoms with Crippen LogP contribution in [0.4, 0.5) is 9.59 Å². The Kier molecular flexibility index (Phi) is 5.36. The lowest BCUT2D eigenvalue weighted by atomic mass is 11.0. The molecule has 0 spiro atoms. The van der Waals surface area contributed by atoms with E-state index in [4.69, 9.17) is 5.11 Å². The Labute approximate surface area is 68.1 Å². The van der Waals surface area contributed by atoms with Crippen LogP contribution >= 0.6 is 11.8 Å². The monoisotopic (exact) mass is 179 g/mol. The highest BCUT2D eigenvalue weighted by Gasteiger charge is 2.01. The molecule has 0 saturated carbocycles. The molecule has 0 aliphatic rings. The molecule has 0 aromatic heterocycles. The first-order valence-corrected chi connectivity index (χ1v) is 3.91. The fraction of sp³-hybridized carbons (Fsp3) is 0.600. The molecule has 2 N–H and O–H groups in total. The smallest absolute Gasteiger partial charge is 0.407 e. The van der Waals surface area contributed by atoms with E-state index in [0.717, 1.165) is 11.8 Å². The second-order valence-electron chi connectivity index (χ2n) is 1.45. The molecule has 0 fully saturated rings. The fourth-order valence-electron chi connectivity index (χ4n) is 0.316. The van der Waals surface area contributed by atoms with Gasteiger partial charge in [0.2, 0.25) is 0 Å². The van der Waals surface area contributed by atoms with Gasteiger partial charge in [0.25, 0.3) is 0 Å². The van der Waals surface area contributed by atoms with E-state index in [-0.39, 0.29) is 6.73 Å². The predicted molar refractivity (Wildman–Crippen MR) is 40.6 cm³/mol. The Morgan fingerprint density at radius 3 is 2.73 bits per heavy atom. The van der Waals surface area contributed by atoms with Crippen molar-refractivity contribution >= 4 is 23.2 Å². The molecule has 0 rings (SSSR count). The summed E-state index contributed by atoms with van der Waals surface area (Å²) in [5.74, 6) is 0.617. The lowest BCUT2D eigenvalue weighted by molar-refractivity contribution is 0.151. The highest BCUT2D eigenvalue weighted by molar-refractivity contribution is 8.13. The number of carbonyl (C=O) groups is 2. The van der Waals surface area contributed by atoms with Gasteiger partial charge in [0.15, 0.2) is 6.73 Å². The molecule has 0 radical (unpaired) electrons. The molecule has 0 aromatic carbocycles. The molecular formula is C5H9NO4S. The minimum Gasteiger partial charge on any atom is -0.465 e. The minimum atomic E-state index is -1.21. The average Bonchev–Trinajstić information content (AvgIpc) is 1.87. The van der Waals surface area contributed by atoms with Crippen LogP contribution in [0, 0.1) is 0 Å². The Bertz CT molecular complexity index is 149. The van der Waals surface area contributed by atoms with Crippen LogP contribution in [0.1, 0.15) is 6.92 Å². The Balaban J connectivity index is 3.24. The third-order valence-electron chi connectivity index (χ3n) is 0.676. The number of thioether (sulfide) groups is 1.